The zero-order valence-corrected chi connectivity index (χ0v) is 20.0. The number of H-pyrrole nitrogens is 1. The van der Waals surface area contributed by atoms with Crippen molar-refractivity contribution in [3.63, 3.8) is 0 Å². The summed E-state index contributed by atoms with van der Waals surface area (Å²) in [5.74, 6) is -1.63. The van der Waals surface area contributed by atoms with Gasteiger partial charge in [0.2, 0.25) is 10.0 Å². The molecule has 1 aromatic carbocycles. The molecular weight excluding hydrogens is 498 g/mol. The lowest BCUT2D eigenvalue weighted by Gasteiger charge is -2.26. The number of benzene rings is 1. The van der Waals surface area contributed by atoms with Crippen molar-refractivity contribution >= 4 is 50.1 Å². The van der Waals surface area contributed by atoms with Gasteiger partial charge < -0.3 is 15.2 Å². The van der Waals surface area contributed by atoms with Gasteiger partial charge >= 0.3 is 0 Å². The van der Waals surface area contributed by atoms with E-state index in [0.717, 1.165) is 17.8 Å². The predicted octanol–water partition coefficient (Wildman–Crippen LogP) is 3.81. The quantitative estimate of drug-likeness (QED) is 0.361. The first kappa shape index (κ1) is 23.1. The molecule has 3 aromatic heterocycles. The molecule has 1 aliphatic heterocycles. The highest BCUT2D eigenvalue weighted by Crippen LogP contribution is 2.45. The van der Waals surface area contributed by atoms with Crippen LogP contribution in [0.3, 0.4) is 0 Å². The summed E-state index contributed by atoms with van der Waals surface area (Å²) < 4.78 is 54.4. The second-order valence-electron chi connectivity index (χ2n) is 7.61. The maximum Gasteiger partial charge on any atom is 0.245 e. The van der Waals surface area contributed by atoms with E-state index >= 15 is 4.39 Å². The van der Waals surface area contributed by atoms with E-state index < -0.39 is 32.7 Å². The zero-order valence-electron chi connectivity index (χ0n) is 18.3. The van der Waals surface area contributed by atoms with Crippen molar-refractivity contribution < 1.29 is 17.2 Å². The average Bonchev–Trinajstić information content (AvgIpc) is 3.41. The van der Waals surface area contributed by atoms with Gasteiger partial charge in [0, 0.05) is 17.5 Å². The molecule has 0 amide bonds. The Morgan fingerprint density at radius 2 is 1.97 bits per heavy atom. The second kappa shape index (κ2) is 8.55. The van der Waals surface area contributed by atoms with E-state index in [2.05, 4.69) is 30.2 Å². The van der Waals surface area contributed by atoms with Gasteiger partial charge in [-0.1, -0.05) is 11.8 Å². The van der Waals surface area contributed by atoms with Crippen molar-refractivity contribution in [2.75, 3.05) is 10.2 Å². The number of nitrogens with two attached hydrogens (primary N) is 1. The Balaban J connectivity index is 1.60. The maximum absolute atomic E-state index is 15.8. The van der Waals surface area contributed by atoms with Crippen LogP contribution in [0.2, 0.25) is 0 Å². The van der Waals surface area contributed by atoms with Gasteiger partial charge in [0.15, 0.2) is 11.5 Å². The molecule has 10 nitrogen and oxygen atoms in total. The second-order valence-corrected chi connectivity index (χ2v) is 10.7. The number of fused-ring (bicyclic) bond motifs is 1. The molecule has 0 saturated heterocycles. The number of anilines is 3. The fourth-order valence-corrected chi connectivity index (χ4v) is 6.35. The van der Waals surface area contributed by atoms with Crippen LogP contribution in [0, 0.1) is 11.6 Å². The molecule has 1 atom stereocenters. The van der Waals surface area contributed by atoms with Crippen molar-refractivity contribution in [3.05, 3.63) is 64.7 Å². The van der Waals surface area contributed by atoms with E-state index in [1.165, 1.54) is 36.7 Å². The van der Waals surface area contributed by atoms with Crippen LogP contribution in [0.15, 0.2) is 53.1 Å². The van der Waals surface area contributed by atoms with Crippen molar-refractivity contribution in [2.45, 2.75) is 19.2 Å². The monoisotopic (exact) mass is 516 g/mol. The van der Waals surface area contributed by atoms with Gasteiger partial charge in [-0.15, -0.1) is 0 Å². The number of primary sulfonamides is 1. The summed E-state index contributed by atoms with van der Waals surface area (Å²) in [6.45, 7) is 3.22. The number of halogens is 2. The third kappa shape index (κ3) is 3.98. The van der Waals surface area contributed by atoms with Gasteiger partial charge in [-0.05, 0) is 38.1 Å². The van der Waals surface area contributed by atoms with Crippen molar-refractivity contribution in [1.29, 1.82) is 0 Å². The molecule has 4 N–H and O–H groups in total. The lowest BCUT2D eigenvalue weighted by Crippen LogP contribution is -2.26. The van der Waals surface area contributed by atoms with Gasteiger partial charge in [-0.2, -0.15) is 0 Å². The average molecular weight is 517 g/mol. The van der Waals surface area contributed by atoms with Crippen molar-refractivity contribution in [1.82, 2.24) is 24.9 Å². The maximum atomic E-state index is 15.8. The van der Waals surface area contributed by atoms with Gasteiger partial charge in [0.1, 0.15) is 39.1 Å². The molecule has 14 heteroatoms. The highest BCUT2D eigenvalue weighted by atomic mass is 32.3. The first-order chi connectivity index (χ1) is 16.7. The molecule has 4 heterocycles. The van der Waals surface area contributed by atoms with Crippen LogP contribution in [0.4, 0.5) is 26.0 Å². The molecule has 5 rings (SSSR count). The molecule has 35 heavy (non-hydrogen) atoms. The minimum Gasteiger partial charge on any atom is -0.335 e. The summed E-state index contributed by atoms with van der Waals surface area (Å²) in [5, 5.41) is 7.56. The predicted molar refractivity (Wildman–Crippen MR) is 130 cm³/mol. The van der Waals surface area contributed by atoms with E-state index in [-0.39, 0.29) is 21.4 Å². The Bertz CT molecular complexity index is 1610. The van der Waals surface area contributed by atoms with Crippen LogP contribution in [0.25, 0.3) is 22.4 Å². The Labute approximate surface area is 202 Å². The number of pyridine rings is 1. The number of aromatic nitrogens is 5. The summed E-state index contributed by atoms with van der Waals surface area (Å²) >= 11 is 0.983. The van der Waals surface area contributed by atoms with Gasteiger partial charge in [0.25, 0.3) is 0 Å². The van der Waals surface area contributed by atoms with Gasteiger partial charge in [-0.25, -0.2) is 42.3 Å². The van der Waals surface area contributed by atoms with E-state index in [1.807, 2.05) is 0 Å². The van der Waals surface area contributed by atoms with Gasteiger partial charge in [-0.3, -0.25) is 0 Å². The minimum absolute atomic E-state index is 0.0146. The number of nitrogens with one attached hydrogen (secondary N) is 2. The van der Waals surface area contributed by atoms with Crippen LogP contribution in [0.5, 0.6) is 0 Å². The summed E-state index contributed by atoms with van der Waals surface area (Å²) in [5.41, 5.74) is 1.62. The molecule has 0 saturated carbocycles. The third-order valence-electron chi connectivity index (χ3n) is 5.41. The lowest BCUT2D eigenvalue weighted by atomic mass is 10.1. The third-order valence-corrected chi connectivity index (χ3v) is 8.27. The fourth-order valence-electron chi connectivity index (χ4n) is 3.93. The SMILES string of the molecule is CC1=C(S(N)(=O)=O)SC(C)N1c1ccc(F)c(Nc2ncccc2-c2ncnc3[nH]cnc23)c1F. The number of allylic oxidation sites excluding steroid dienone is 1. The molecule has 180 valence electrons. The Morgan fingerprint density at radius 1 is 1.17 bits per heavy atom. The van der Waals surface area contributed by atoms with E-state index in [1.54, 1.807) is 19.1 Å². The van der Waals surface area contributed by atoms with E-state index in [4.69, 9.17) is 5.14 Å². The highest BCUT2D eigenvalue weighted by molar-refractivity contribution is 8.18. The van der Waals surface area contributed by atoms with Gasteiger partial charge in [0.05, 0.1) is 17.4 Å². The normalized spacial score (nSPS) is 16.4. The number of rotatable bonds is 5. The minimum atomic E-state index is -4.00. The van der Waals surface area contributed by atoms with E-state index in [9.17, 15) is 12.8 Å². The number of imidazole rings is 1. The van der Waals surface area contributed by atoms with Crippen LogP contribution in [-0.2, 0) is 10.0 Å². The Hall–Kier alpha value is -3.62. The topological polar surface area (TPSA) is 143 Å². The Morgan fingerprint density at radius 3 is 2.71 bits per heavy atom. The lowest BCUT2D eigenvalue weighted by molar-refractivity contribution is 0.588. The number of thioether (sulfide) groups is 1. The number of hydrogen-bond acceptors (Lipinski definition) is 9. The van der Waals surface area contributed by atoms with Crippen LogP contribution in [-0.4, -0.2) is 38.7 Å². The number of aromatic amines is 1. The fraction of sp³-hybridized carbons (Fsp3) is 0.143. The molecule has 0 aliphatic carbocycles. The Kier molecular flexibility index (Phi) is 5.65. The molecule has 0 bridgehead atoms. The number of hydrogen-bond donors (Lipinski definition) is 3. The standard InChI is InChI=1S/C21H18F2N8O2S2/c1-10-21(35(24,32)33)34-11(2)31(10)14-6-5-13(22)17(15(14)23)30-19-12(4-3-7-25-19)16-18-20(28-8-26-16)29-9-27-18/h3-9,11H,1-2H3,(H,25,30)(H2,24,32,33)(H,26,27,28,29). The summed E-state index contributed by atoms with van der Waals surface area (Å²) in [4.78, 5) is 21.2. The molecular formula is C21H18F2N8O2S2. The molecule has 1 unspecified atom stereocenters. The van der Waals surface area contributed by atoms with Crippen molar-refractivity contribution in [3.8, 4) is 11.3 Å². The smallest absolute Gasteiger partial charge is 0.245 e. The zero-order chi connectivity index (χ0) is 24.9. The first-order valence-corrected chi connectivity index (χ1v) is 12.6. The first-order valence-electron chi connectivity index (χ1n) is 10.2. The highest BCUT2D eigenvalue weighted by Gasteiger charge is 2.35. The molecule has 1 aliphatic rings. The molecule has 0 spiro atoms. The van der Waals surface area contributed by atoms with Crippen LogP contribution in [0.1, 0.15) is 13.8 Å². The summed E-state index contributed by atoms with van der Waals surface area (Å²) in [6.07, 6.45) is 4.29. The van der Waals surface area contributed by atoms with Crippen molar-refractivity contribution in [2.24, 2.45) is 5.14 Å². The molecule has 4 aromatic rings. The molecule has 0 fully saturated rings. The number of nitrogens with zero attached hydrogens (tertiary/aromatic N) is 5. The summed E-state index contributed by atoms with van der Waals surface area (Å²) in [6, 6.07) is 5.70. The largest absolute Gasteiger partial charge is 0.335 e. The number of sulfonamides is 1. The summed E-state index contributed by atoms with van der Waals surface area (Å²) in [7, 11) is -4.00. The van der Waals surface area contributed by atoms with Crippen LogP contribution >= 0.6 is 11.8 Å². The van der Waals surface area contributed by atoms with E-state index in [0.29, 0.717) is 22.4 Å². The molecule has 0 radical (unpaired) electrons. The van der Waals surface area contributed by atoms with Crippen LogP contribution < -0.4 is 15.4 Å².